The second-order valence-electron chi connectivity index (χ2n) is 7.03. The lowest BCUT2D eigenvalue weighted by Gasteiger charge is -2.05. The van der Waals surface area contributed by atoms with Crippen LogP contribution in [-0.2, 0) is 6.42 Å². The van der Waals surface area contributed by atoms with Gasteiger partial charge < -0.3 is 14.6 Å². The average Bonchev–Trinajstić information content (AvgIpc) is 3.23. The Bertz CT molecular complexity index is 1440. The molecule has 4 aromatic heterocycles. The number of H-pyrrole nitrogens is 1. The van der Waals surface area contributed by atoms with Gasteiger partial charge in [0.1, 0.15) is 5.82 Å². The molecule has 0 saturated carbocycles. The largest absolute Gasteiger partial charge is 0.493 e. The maximum Gasteiger partial charge on any atom is 0.280 e. The van der Waals surface area contributed by atoms with E-state index in [-0.39, 0.29) is 17.9 Å². The van der Waals surface area contributed by atoms with Crippen LogP contribution in [0.3, 0.4) is 0 Å². The first-order chi connectivity index (χ1) is 15.0. The molecule has 0 aliphatic heterocycles. The van der Waals surface area contributed by atoms with E-state index in [9.17, 15) is 9.90 Å². The third-order valence-electron chi connectivity index (χ3n) is 4.80. The predicted molar refractivity (Wildman–Crippen MR) is 112 cm³/mol. The van der Waals surface area contributed by atoms with Gasteiger partial charge in [0.15, 0.2) is 0 Å². The first-order valence-electron chi connectivity index (χ1n) is 9.49. The first kappa shape index (κ1) is 18.6. The number of aromatic amines is 1. The fraction of sp³-hybridized carbons (Fsp3) is 0.0909. The summed E-state index contributed by atoms with van der Waals surface area (Å²) < 4.78 is 5.31. The summed E-state index contributed by atoms with van der Waals surface area (Å²) in [5.74, 6) is 1.13. The SMILES string of the molecule is Cc1ccc(-c2noc(Cc3nc(=O)c4cc(-c5ccc(O)nc5)ccc4[nH]3)n2)cn1. The molecule has 0 amide bonds. The molecule has 0 aliphatic carbocycles. The van der Waals surface area contributed by atoms with Crippen molar-refractivity contribution in [3.63, 3.8) is 0 Å². The Morgan fingerprint density at radius 3 is 2.55 bits per heavy atom. The molecule has 0 radical (unpaired) electrons. The molecule has 0 atom stereocenters. The smallest absolute Gasteiger partial charge is 0.280 e. The molecule has 9 heteroatoms. The molecule has 9 nitrogen and oxygen atoms in total. The number of nitrogens with zero attached hydrogens (tertiary/aromatic N) is 5. The van der Waals surface area contributed by atoms with Crippen molar-refractivity contribution >= 4 is 10.9 Å². The molecule has 0 unspecified atom stereocenters. The number of hydrogen-bond donors (Lipinski definition) is 2. The van der Waals surface area contributed by atoms with E-state index >= 15 is 0 Å². The zero-order valence-electron chi connectivity index (χ0n) is 16.4. The van der Waals surface area contributed by atoms with E-state index in [1.165, 1.54) is 6.07 Å². The number of nitrogens with one attached hydrogen (secondary N) is 1. The van der Waals surface area contributed by atoms with Crippen molar-refractivity contribution in [2.45, 2.75) is 13.3 Å². The van der Waals surface area contributed by atoms with E-state index in [1.54, 1.807) is 30.6 Å². The number of aromatic hydroxyl groups is 1. The Balaban J connectivity index is 1.43. The van der Waals surface area contributed by atoms with E-state index in [2.05, 4.69) is 30.1 Å². The molecule has 0 fully saturated rings. The molecule has 0 bridgehead atoms. The minimum absolute atomic E-state index is 0.0588. The molecule has 0 saturated heterocycles. The van der Waals surface area contributed by atoms with Gasteiger partial charge in [-0.3, -0.25) is 9.78 Å². The number of aromatic nitrogens is 6. The summed E-state index contributed by atoms with van der Waals surface area (Å²) in [6, 6.07) is 12.4. The highest BCUT2D eigenvalue weighted by molar-refractivity contribution is 5.83. The number of aryl methyl sites for hydroxylation is 1. The zero-order valence-corrected chi connectivity index (χ0v) is 16.4. The Morgan fingerprint density at radius 2 is 1.77 bits per heavy atom. The van der Waals surface area contributed by atoms with Crippen molar-refractivity contribution in [2.24, 2.45) is 0 Å². The Hall–Kier alpha value is -4.40. The van der Waals surface area contributed by atoms with Crippen LogP contribution in [0, 0.1) is 6.92 Å². The van der Waals surface area contributed by atoms with Gasteiger partial charge in [-0.15, -0.1) is 0 Å². The van der Waals surface area contributed by atoms with Gasteiger partial charge in [0, 0.05) is 35.3 Å². The summed E-state index contributed by atoms with van der Waals surface area (Å²) in [5.41, 5.74) is 3.51. The van der Waals surface area contributed by atoms with E-state index < -0.39 is 0 Å². The highest BCUT2D eigenvalue weighted by Gasteiger charge is 2.13. The molecule has 5 aromatic rings. The third-order valence-corrected chi connectivity index (χ3v) is 4.80. The summed E-state index contributed by atoms with van der Waals surface area (Å²) in [6.07, 6.45) is 3.42. The fourth-order valence-electron chi connectivity index (χ4n) is 3.20. The van der Waals surface area contributed by atoms with Gasteiger partial charge in [0.05, 0.1) is 17.3 Å². The van der Waals surface area contributed by atoms with Gasteiger partial charge in [-0.25, -0.2) is 4.98 Å². The topological polar surface area (TPSA) is 131 Å². The predicted octanol–water partition coefficient (Wildman–Crippen LogP) is 3.03. The maximum absolute atomic E-state index is 12.6. The lowest BCUT2D eigenvalue weighted by molar-refractivity contribution is 0.384. The molecule has 1 aromatic carbocycles. The Morgan fingerprint density at radius 1 is 0.968 bits per heavy atom. The normalized spacial score (nSPS) is 11.1. The lowest BCUT2D eigenvalue weighted by Crippen LogP contribution is -2.12. The molecule has 31 heavy (non-hydrogen) atoms. The number of rotatable bonds is 4. The lowest BCUT2D eigenvalue weighted by atomic mass is 10.1. The van der Waals surface area contributed by atoms with Gasteiger partial charge in [-0.2, -0.15) is 9.97 Å². The minimum atomic E-state index is -0.361. The summed E-state index contributed by atoms with van der Waals surface area (Å²) in [6.45, 7) is 1.90. The van der Waals surface area contributed by atoms with Crippen LogP contribution in [0.5, 0.6) is 5.88 Å². The van der Waals surface area contributed by atoms with Crippen molar-refractivity contribution in [2.75, 3.05) is 0 Å². The van der Waals surface area contributed by atoms with Crippen LogP contribution >= 0.6 is 0 Å². The van der Waals surface area contributed by atoms with Crippen LogP contribution < -0.4 is 5.56 Å². The maximum atomic E-state index is 12.6. The van der Waals surface area contributed by atoms with Crippen LogP contribution in [0.1, 0.15) is 17.4 Å². The highest BCUT2D eigenvalue weighted by Crippen LogP contribution is 2.23. The van der Waals surface area contributed by atoms with Gasteiger partial charge in [-0.1, -0.05) is 11.2 Å². The van der Waals surface area contributed by atoms with Gasteiger partial charge >= 0.3 is 0 Å². The monoisotopic (exact) mass is 412 g/mol. The van der Waals surface area contributed by atoms with Crippen LogP contribution in [0.25, 0.3) is 33.4 Å². The summed E-state index contributed by atoms with van der Waals surface area (Å²) >= 11 is 0. The standard InChI is InChI=1S/C22H16N6O3/c1-12-2-3-15(11-23-12)21-27-20(31-28-21)9-18-25-17-6-4-13(8-16(17)22(30)26-18)14-5-7-19(29)24-10-14/h2-8,10-11H,9H2,1H3,(H,24,29)(H,25,26,30). The molecule has 0 aliphatic rings. The summed E-state index contributed by atoms with van der Waals surface area (Å²) in [7, 11) is 0. The fourth-order valence-corrected chi connectivity index (χ4v) is 3.20. The second kappa shape index (κ2) is 7.45. The number of pyridine rings is 2. The number of hydrogen-bond acceptors (Lipinski definition) is 8. The van der Waals surface area contributed by atoms with Crippen LogP contribution in [-0.4, -0.2) is 35.2 Å². The Labute approximate surface area is 175 Å². The summed E-state index contributed by atoms with van der Waals surface area (Å²) in [4.78, 5) is 32.4. The number of benzene rings is 1. The third kappa shape index (κ3) is 3.76. The van der Waals surface area contributed by atoms with Crippen LogP contribution in [0.2, 0.25) is 0 Å². The number of fused-ring (bicyclic) bond motifs is 1. The van der Waals surface area contributed by atoms with Crippen LogP contribution in [0.15, 0.2) is 64.2 Å². The van der Waals surface area contributed by atoms with E-state index in [4.69, 9.17) is 4.52 Å². The van der Waals surface area contributed by atoms with E-state index in [0.29, 0.717) is 28.4 Å². The molecule has 4 heterocycles. The van der Waals surface area contributed by atoms with Gasteiger partial charge in [0.2, 0.25) is 17.6 Å². The van der Waals surface area contributed by atoms with Crippen molar-refractivity contribution < 1.29 is 9.63 Å². The summed E-state index contributed by atoms with van der Waals surface area (Å²) in [5, 5.41) is 13.8. The van der Waals surface area contributed by atoms with E-state index in [1.807, 2.05) is 25.1 Å². The van der Waals surface area contributed by atoms with Crippen molar-refractivity contribution in [3.05, 3.63) is 82.6 Å². The second-order valence-corrected chi connectivity index (χ2v) is 7.03. The molecule has 0 spiro atoms. The molecular weight excluding hydrogens is 396 g/mol. The quantitative estimate of drug-likeness (QED) is 0.460. The molecular formula is C22H16N6O3. The van der Waals surface area contributed by atoms with Crippen molar-refractivity contribution in [3.8, 4) is 28.4 Å². The van der Waals surface area contributed by atoms with E-state index in [0.717, 1.165) is 22.4 Å². The van der Waals surface area contributed by atoms with Gasteiger partial charge in [-0.05, 0) is 42.8 Å². The molecule has 2 N–H and O–H groups in total. The van der Waals surface area contributed by atoms with Gasteiger partial charge in [0.25, 0.3) is 5.56 Å². The minimum Gasteiger partial charge on any atom is -0.493 e. The van der Waals surface area contributed by atoms with Crippen LogP contribution in [0.4, 0.5) is 0 Å². The molecule has 152 valence electrons. The highest BCUT2D eigenvalue weighted by atomic mass is 16.5. The first-order valence-corrected chi connectivity index (χ1v) is 9.49. The Kier molecular flexibility index (Phi) is 4.47. The molecule has 5 rings (SSSR count). The zero-order chi connectivity index (χ0) is 21.4. The average molecular weight is 412 g/mol. The van der Waals surface area contributed by atoms with Crippen molar-refractivity contribution in [1.82, 2.24) is 30.1 Å². The van der Waals surface area contributed by atoms with Crippen molar-refractivity contribution in [1.29, 1.82) is 0 Å².